The summed E-state index contributed by atoms with van der Waals surface area (Å²) in [5.41, 5.74) is -1.89. The number of nitro benzene ring substituents is 1. The Balaban J connectivity index is 1.20. The molecule has 3 aromatic rings. The van der Waals surface area contributed by atoms with Gasteiger partial charge in [-0.05, 0) is 55.8 Å². The summed E-state index contributed by atoms with van der Waals surface area (Å²) in [6.45, 7) is 3.14. The zero-order valence-corrected chi connectivity index (χ0v) is 22.3. The summed E-state index contributed by atoms with van der Waals surface area (Å²) in [4.78, 5) is 43.6. The molecule has 2 aliphatic rings. The average Bonchev–Trinajstić information content (AvgIpc) is 2.93. The van der Waals surface area contributed by atoms with Crippen LogP contribution in [-0.4, -0.2) is 53.5 Å². The topological polar surface area (TPSA) is 106 Å². The number of carbonyl (C=O) groups is 1. The van der Waals surface area contributed by atoms with E-state index >= 15 is 0 Å². The lowest BCUT2D eigenvalue weighted by Crippen LogP contribution is -2.48. The van der Waals surface area contributed by atoms with Crippen molar-refractivity contribution in [3.63, 3.8) is 0 Å². The molecular weight excluding hydrogens is 549 g/mol. The van der Waals surface area contributed by atoms with Crippen LogP contribution in [0.15, 0.2) is 47.3 Å². The fraction of sp³-hybridized carbons (Fsp3) is 0.444. The van der Waals surface area contributed by atoms with E-state index in [1.165, 1.54) is 0 Å². The lowest BCUT2D eigenvalue weighted by atomic mass is 9.71. The lowest BCUT2D eigenvalue weighted by Gasteiger charge is -2.46. The van der Waals surface area contributed by atoms with Gasteiger partial charge >= 0.3 is 12.1 Å². The summed E-state index contributed by atoms with van der Waals surface area (Å²) in [5.74, 6) is -0.261. The normalized spacial score (nSPS) is 17.7. The maximum Gasteiger partial charge on any atom is 0.416 e. The Morgan fingerprint density at radius 3 is 2.35 bits per heavy atom. The first-order valence-electron chi connectivity index (χ1n) is 12.9. The summed E-state index contributed by atoms with van der Waals surface area (Å²) in [7, 11) is 0. The molecule has 0 atom stereocenters. The molecule has 0 radical (unpaired) electrons. The summed E-state index contributed by atoms with van der Waals surface area (Å²) in [5, 5.41) is 11.4. The van der Waals surface area contributed by atoms with E-state index in [1.807, 2.05) is 35.2 Å². The van der Waals surface area contributed by atoms with Crippen LogP contribution in [0.3, 0.4) is 0 Å². The van der Waals surface area contributed by atoms with Gasteiger partial charge in [0.2, 0.25) is 0 Å². The highest BCUT2D eigenvalue weighted by Gasteiger charge is 2.39. The second-order valence-corrected chi connectivity index (χ2v) is 11.3. The van der Waals surface area contributed by atoms with Crippen LogP contribution in [0.25, 0.3) is 10.1 Å². The van der Waals surface area contributed by atoms with Crippen LogP contribution in [0.2, 0.25) is 0 Å². The summed E-state index contributed by atoms with van der Waals surface area (Å²) in [6.07, 6.45) is -1.39. The minimum Gasteiger partial charge on any atom is -0.460 e. The first kappa shape index (κ1) is 28.0. The Hall–Kier alpha value is -3.58. The third-order valence-corrected chi connectivity index (χ3v) is 8.99. The number of halogens is 3. The van der Waals surface area contributed by atoms with E-state index in [4.69, 9.17) is 4.74 Å². The number of nitro groups is 1. The van der Waals surface area contributed by atoms with Gasteiger partial charge in [-0.1, -0.05) is 41.7 Å². The molecule has 1 aromatic heterocycles. The maximum atomic E-state index is 13.2. The van der Waals surface area contributed by atoms with Crippen LogP contribution in [0.5, 0.6) is 0 Å². The first-order valence-corrected chi connectivity index (χ1v) is 13.7. The number of carbonyl (C=O) groups excluding carboxylic acids is 1. The highest BCUT2D eigenvalue weighted by molar-refractivity contribution is 7.22. The summed E-state index contributed by atoms with van der Waals surface area (Å²) < 4.78 is 45.0. The first-order chi connectivity index (χ1) is 19.0. The second-order valence-electron chi connectivity index (χ2n) is 10.3. The monoisotopic (exact) mass is 576 g/mol. The van der Waals surface area contributed by atoms with E-state index in [-0.39, 0.29) is 34.4 Å². The Labute approximate surface area is 231 Å². The van der Waals surface area contributed by atoms with Crippen molar-refractivity contribution in [2.45, 2.75) is 38.5 Å². The Morgan fingerprint density at radius 1 is 1.07 bits per heavy atom. The van der Waals surface area contributed by atoms with Gasteiger partial charge in [0.05, 0.1) is 22.4 Å². The minimum absolute atomic E-state index is 0.0797. The second kappa shape index (κ2) is 11.1. The third kappa shape index (κ3) is 6.09. The molecule has 0 N–H and O–H groups in total. The zero-order chi connectivity index (χ0) is 28.5. The van der Waals surface area contributed by atoms with Crippen molar-refractivity contribution < 1.29 is 27.6 Å². The van der Waals surface area contributed by atoms with E-state index in [0.29, 0.717) is 25.2 Å². The quantitative estimate of drug-likeness (QED) is 0.229. The molecule has 0 saturated carbocycles. The van der Waals surface area contributed by atoms with Gasteiger partial charge in [0.15, 0.2) is 5.13 Å². The molecule has 5 rings (SSSR count). The lowest BCUT2D eigenvalue weighted by molar-refractivity contribution is -0.383. The molecule has 40 heavy (non-hydrogen) atoms. The van der Waals surface area contributed by atoms with E-state index in [1.54, 1.807) is 0 Å². The third-order valence-electron chi connectivity index (χ3n) is 7.82. The molecule has 0 unspecified atom stereocenters. The fourth-order valence-electron chi connectivity index (χ4n) is 5.40. The molecular formula is C27H27F3N4O5S. The minimum atomic E-state index is -4.83. The van der Waals surface area contributed by atoms with Crippen molar-refractivity contribution in [2.75, 3.05) is 37.6 Å². The molecule has 2 fully saturated rings. The number of esters is 1. The number of anilines is 1. The van der Waals surface area contributed by atoms with Gasteiger partial charge in [-0.2, -0.15) is 18.2 Å². The molecule has 0 aliphatic carbocycles. The SMILES string of the molecule is O=C(CN1CCC2(CC1)CCN(c1nc(=O)c3cc(C(F)(F)F)cc([N+](=O)[O-])c3s1)CC2)OCc1ccccc1. The molecule has 212 valence electrons. The van der Waals surface area contributed by atoms with Crippen LogP contribution in [-0.2, 0) is 22.3 Å². The van der Waals surface area contributed by atoms with Crippen LogP contribution < -0.4 is 10.5 Å². The number of hydrogen-bond donors (Lipinski definition) is 0. The highest BCUT2D eigenvalue weighted by atomic mass is 32.1. The average molecular weight is 577 g/mol. The smallest absolute Gasteiger partial charge is 0.416 e. The van der Waals surface area contributed by atoms with Gasteiger partial charge in [0.25, 0.3) is 11.2 Å². The molecule has 0 amide bonds. The van der Waals surface area contributed by atoms with E-state index in [0.717, 1.165) is 55.7 Å². The van der Waals surface area contributed by atoms with Crippen molar-refractivity contribution in [3.05, 3.63) is 74.1 Å². The number of nitrogens with zero attached hydrogens (tertiary/aromatic N) is 4. The molecule has 3 heterocycles. The van der Waals surface area contributed by atoms with Crippen LogP contribution in [0, 0.1) is 15.5 Å². The Bertz CT molecular complexity index is 1460. The van der Waals surface area contributed by atoms with Crippen molar-refractivity contribution in [3.8, 4) is 0 Å². The van der Waals surface area contributed by atoms with E-state index < -0.39 is 33.3 Å². The van der Waals surface area contributed by atoms with Crippen molar-refractivity contribution in [2.24, 2.45) is 5.41 Å². The van der Waals surface area contributed by atoms with Crippen LogP contribution in [0.1, 0.15) is 36.8 Å². The van der Waals surface area contributed by atoms with Crippen molar-refractivity contribution in [1.29, 1.82) is 0 Å². The number of benzene rings is 2. The fourth-order valence-corrected chi connectivity index (χ4v) is 6.52. The van der Waals surface area contributed by atoms with Gasteiger partial charge in [-0.25, -0.2) is 0 Å². The Morgan fingerprint density at radius 2 is 1.73 bits per heavy atom. The summed E-state index contributed by atoms with van der Waals surface area (Å²) >= 11 is 0.873. The van der Waals surface area contributed by atoms with Gasteiger partial charge in [0, 0.05) is 19.2 Å². The van der Waals surface area contributed by atoms with Gasteiger partial charge < -0.3 is 9.64 Å². The van der Waals surface area contributed by atoms with Gasteiger partial charge in [-0.3, -0.25) is 24.6 Å². The molecule has 0 bridgehead atoms. The zero-order valence-electron chi connectivity index (χ0n) is 21.5. The van der Waals surface area contributed by atoms with Crippen molar-refractivity contribution >= 4 is 38.2 Å². The predicted octanol–water partition coefficient (Wildman–Crippen LogP) is 5.01. The van der Waals surface area contributed by atoms with Gasteiger partial charge in [0.1, 0.15) is 11.3 Å². The molecule has 2 saturated heterocycles. The van der Waals surface area contributed by atoms with E-state index in [9.17, 15) is 32.9 Å². The predicted molar refractivity (Wildman–Crippen MR) is 143 cm³/mol. The molecule has 2 aromatic carbocycles. The number of non-ortho nitro benzene ring substituents is 1. The molecule has 13 heteroatoms. The van der Waals surface area contributed by atoms with Crippen LogP contribution in [0.4, 0.5) is 24.0 Å². The number of rotatable bonds is 6. The number of fused-ring (bicyclic) bond motifs is 1. The van der Waals surface area contributed by atoms with Crippen LogP contribution >= 0.6 is 11.3 Å². The number of likely N-dealkylation sites (tertiary alicyclic amines) is 1. The highest BCUT2D eigenvalue weighted by Crippen LogP contribution is 2.43. The van der Waals surface area contributed by atoms with Crippen molar-refractivity contribution in [1.82, 2.24) is 9.88 Å². The number of aromatic nitrogens is 1. The number of ether oxygens (including phenoxy) is 1. The number of alkyl halides is 3. The molecule has 1 spiro atoms. The number of hydrogen-bond acceptors (Lipinski definition) is 9. The molecule has 2 aliphatic heterocycles. The maximum absolute atomic E-state index is 13.2. The Kier molecular flexibility index (Phi) is 7.78. The largest absolute Gasteiger partial charge is 0.460 e. The summed E-state index contributed by atoms with van der Waals surface area (Å²) in [6, 6.07) is 10.6. The number of piperidine rings is 2. The van der Waals surface area contributed by atoms with E-state index in [2.05, 4.69) is 9.88 Å². The standard InChI is InChI=1S/C27H27F3N4O5S/c28-27(29,30)19-14-20-23(21(15-19)34(37)38)40-25(31-24(20)36)33-12-8-26(9-13-33)6-10-32(11-7-26)16-22(35)39-17-18-4-2-1-3-5-18/h1-5,14-15H,6-13,16-17H2. The molecule has 9 nitrogen and oxygen atoms in total. The van der Waals surface area contributed by atoms with Gasteiger partial charge in [-0.15, -0.1) is 0 Å².